The number of hydrogen-bond acceptors (Lipinski definition) is 6. The van der Waals surface area contributed by atoms with Crippen molar-refractivity contribution in [1.29, 1.82) is 0 Å². The van der Waals surface area contributed by atoms with Crippen molar-refractivity contribution in [3.05, 3.63) is 17.5 Å². The first-order valence-corrected chi connectivity index (χ1v) is 6.52. The summed E-state index contributed by atoms with van der Waals surface area (Å²) in [5.74, 6) is 1.66. The summed E-state index contributed by atoms with van der Waals surface area (Å²) in [5.41, 5.74) is 0.683. The Labute approximate surface area is 113 Å². The van der Waals surface area contributed by atoms with Gasteiger partial charge in [-0.2, -0.15) is 0 Å². The van der Waals surface area contributed by atoms with Gasteiger partial charge in [0.2, 0.25) is 0 Å². The molecule has 6 heteroatoms. The number of guanidine groups is 1. The van der Waals surface area contributed by atoms with Crippen molar-refractivity contribution in [2.75, 3.05) is 20.1 Å². The number of rotatable bonds is 4. The first-order chi connectivity index (χ1) is 8.94. The lowest BCUT2D eigenvalue weighted by Gasteiger charge is -2.17. The van der Waals surface area contributed by atoms with Gasteiger partial charge in [-0.15, -0.1) is 0 Å². The van der Waals surface area contributed by atoms with Gasteiger partial charge in [0.15, 0.2) is 11.7 Å². The molecule has 2 heterocycles. The first-order valence-electron chi connectivity index (χ1n) is 6.52. The van der Waals surface area contributed by atoms with Crippen molar-refractivity contribution >= 4 is 5.96 Å². The van der Waals surface area contributed by atoms with Gasteiger partial charge in [-0.25, -0.2) is 0 Å². The van der Waals surface area contributed by atoms with Gasteiger partial charge < -0.3 is 19.5 Å². The fourth-order valence-corrected chi connectivity index (χ4v) is 1.69. The van der Waals surface area contributed by atoms with Gasteiger partial charge in [-0.3, -0.25) is 4.99 Å². The number of hydrogen-bond donors (Lipinski definition) is 1. The lowest BCUT2D eigenvalue weighted by molar-refractivity contribution is -0.0241. The second kappa shape index (κ2) is 5.61. The van der Waals surface area contributed by atoms with Crippen molar-refractivity contribution in [1.82, 2.24) is 15.4 Å². The molecule has 0 radical (unpaired) electrons. The van der Waals surface area contributed by atoms with E-state index in [-0.39, 0.29) is 5.60 Å². The molecule has 0 amide bonds. The minimum atomic E-state index is -0.174. The molecule has 0 saturated heterocycles. The van der Waals surface area contributed by atoms with Crippen LogP contribution in [0.25, 0.3) is 0 Å². The minimum Gasteiger partial charge on any atom is -0.368 e. The molecule has 1 aromatic heterocycles. The molecule has 0 spiro atoms. The Morgan fingerprint density at radius 1 is 1.47 bits per heavy atom. The highest BCUT2D eigenvalue weighted by Gasteiger charge is 2.14. The van der Waals surface area contributed by atoms with Gasteiger partial charge in [0.05, 0.1) is 18.7 Å². The van der Waals surface area contributed by atoms with E-state index in [1.54, 1.807) is 0 Å². The van der Waals surface area contributed by atoms with Crippen molar-refractivity contribution in [2.24, 2.45) is 4.99 Å². The SMILES string of the molecule is CN1CCN=C1NCc1cc(COC(C)(C)C)on1. The quantitative estimate of drug-likeness (QED) is 0.892. The van der Waals surface area contributed by atoms with Crippen molar-refractivity contribution in [3.63, 3.8) is 0 Å². The summed E-state index contributed by atoms with van der Waals surface area (Å²) < 4.78 is 10.9. The van der Waals surface area contributed by atoms with E-state index < -0.39 is 0 Å². The Kier molecular flexibility index (Phi) is 4.09. The van der Waals surface area contributed by atoms with Crippen LogP contribution in [-0.2, 0) is 17.9 Å². The van der Waals surface area contributed by atoms with Gasteiger partial charge in [0, 0.05) is 19.7 Å². The van der Waals surface area contributed by atoms with Gasteiger partial charge >= 0.3 is 0 Å². The average molecular weight is 266 g/mol. The highest BCUT2D eigenvalue weighted by Crippen LogP contribution is 2.12. The molecule has 1 aromatic rings. The van der Waals surface area contributed by atoms with Crippen LogP contribution in [0.2, 0.25) is 0 Å². The van der Waals surface area contributed by atoms with Crippen LogP contribution in [0, 0.1) is 0 Å². The standard InChI is InChI=1S/C13H22N4O2/c1-13(2,3)18-9-11-7-10(16-19-11)8-15-12-14-5-6-17(12)4/h7H,5-6,8-9H2,1-4H3,(H,14,15). The summed E-state index contributed by atoms with van der Waals surface area (Å²) in [6, 6.07) is 1.91. The smallest absolute Gasteiger partial charge is 0.194 e. The van der Waals surface area contributed by atoms with Gasteiger partial charge in [0.1, 0.15) is 12.3 Å². The molecule has 2 rings (SSSR count). The molecule has 6 nitrogen and oxygen atoms in total. The Morgan fingerprint density at radius 3 is 2.89 bits per heavy atom. The van der Waals surface area contributed by atoms with Crippen LogP contribution in [0.15, 0.2) is 15.6 Å². The molecule has 0 fully saturated rings. The lowest BCUT2D eigenvalue weighted by Crippen LogP contribution is -2.35. The predicted octanol–water partition coefficient (Wildman–Crippen LogP) is 1.38. The zero-order chi connectivity index (χ0) is 13.9. The van der Waals surface area contributed by atoms with Crippen molar-refractivity contribution in [3.8, 4) is 0 Å². The van der Waals surface area contributed by atoms with E-state index >= 15 is 0 Å². The molecule has 0 aliphatic carbocycles. The summed E-state index contributed by atoms with van der Waals surface area (Å²) in [6.45, 7) is 8.91. The molecule has 0 unspecified atom stereocenters. The van der Waals surface area contributed by atoms with E-state index in [4.69, 9.17) is 9.26 Å². The fraction of sp³-hybridized carbons (Fsp3) is 0.692. The molecule has 106 valence electrons. The maximum atomic E-state index is 5.64. The van der Waals surface area contributed by atoms with E-state index in [1.165, 1.54) is 0 Å². The summed E-state index contributed by atoms with van der Waals surface area (Å²) in [7, 11) is 2.02. The average Bonchev–Trinajstić information content (AvgIpc) is 2.92. The summed E-state index contributed by atoms with van der Waals surface area (Å²) >= 11 is 0. The predicted molar refractivity (Wildman–Crippen MR) is 72.8 cm³/mol. The topological polar surface area (TPSA) is 62.9 Å². The van der Waals surface area contributed by atoms with Gasteiger partial charge in [-0.05, 0) is 20.8 Å². The van der Waals surface area contributed by atoms with E-state index in [2.05, 4.69) is 20.4 Å². The van der Waals surface area contributed by atoms with Gasteiger partial charge in [-0.1, -0.05) is 5.16 Å². The summed E-state index contributed by atoms with van der Waals surface area (Å²) in [5, 5.41) is 7.26. The van der Waals surface area contributed by atoms with E-state index in [0.717, 1.165) is 30.5 Å². The van der Waals surface area contributed by atoms with E-state index in [9.17, 15) is 0 Å². The summed E-state index contributed by atoms with van der Waals surface area (Å²) in [4.78, 5) is 6.44. The maximum absolute atomic E-state index is 5.64. The zero-order valence-electron chi connectivity index (χ0n) is 12.1. The Balaban J connectivity index is 1.81. The fourth-order valence-electron chi connectivity index (χ4n) is 1.69. The maximum Gasteiger partial charge on any atom is 0.194 e. The number of nitrogens with zero attached hydrogens (tertiary/aromatic N) is 3. The second-order valence-electron chi connectivity index (χ2n) is 5.67. The lowest BCUT2D eigenvalue weighted by atomic mass is 10.2. The van der Waals surface area contributed by atoms with E-state index in [0.29, 0.717) is 13.2 Å². The Bertz CT molecular complexity index is 448. The van der Waals surface area contributed by atoms with Crippen molar-refractivity contribution in [2.45, 2.75) is 39.5 Å². The van der Waals surface area contributed by atoms with Crippen LogP contribution in [0.3, 0.4) is 0 Å². The normalized spacial score (nSPS) is 15.8. The molecule has 19 heavy (non-hydrogen) atoms. The van der Waals surface area contributed by atoms with Crippen LogP contribution in [0.1, 0.15) is 32.2 Å². The molecule has 1 aliphatic rings. The molecular formula is C13H22N4O2. The zero-order valence-corrected chi connectivity index (χ0v) is 12.1. The molecule has 0 atom stereocenters. The molecular weight excluding hydrogens is 244 g/mol. The van der Waals surface area contributed by atoms with Crippen LogP contribution < -0.4 is 5.32 Å². The Hall–Kier alpha value is -1.56. The number of nitrogens with one attached hydrogen (secondary N) is 1. The van der Waals surface area contributed by atoms with Crippen molar-refractivity contribution < 1.29 is 9.26 Å². The molecule has 0 saturated carbocycles. The molecule has 0 aromatic carbocycles. The van der Waals surface area contributed by atoms with Crippen LogP contribution in [0.4, 0.5) is 0 Å². The third-order valence-corrected chi connectivity index (χ3v) is 2.74. The number of aliphatic imine (C=N–C) groups is 1. The summed E-state index contributed by atoms with van der Waals surface area (Å²) in [6.07, 6.45) is 0. The molecule has 1 aliphatic heterocycles. The minimum absolute atomic E-state index is 0.174. The molecule has 0 bridgehead atoms. The monoisotopic (exact) mass is 266 g/mol. The molecule has 1 N–H and O–H groups in total. The van der Waals surface area contributed by atoms with E-state index in [1.807, 2.05) is 33.9 Å². The highest BCUT2D eigenvalue weighted by molar-refractivity contribution is 5.81. The number of likely N-dealkylation sites (N-methyl/N-ethyl adjacent to an activating group) is 1. The number of ether oxygens (including phenoxy) is 1. The third-order valence-electron chi connectivity index (χ3n) is 2.74. The second-order valence-corrected chi connectivity index (χ2v) is 5.67. The first kappa shape index (κ1) is 13.9. The number of aromatic nitrogens is 1. The van der Waals surface area contributed by atoms with Gasteiger partial charge in [0.25, 0.3) is 0 Å². The Morgan fingerprint density at radius 2 is 2.26 bits per heavy atom. The highest BCUT2D eigenvalue weighted by atomic mass is 16.5. The third kappa shape index (κ3) is 4.24. The largest absolute Gasteiger partial charge is 0.368 e. The van der Waals surface area contributed by atoms with Crippen LogP contribution in [-0.4, -0.2) is 41.8 Å². The van der Waals surface area contributed by atoms with Crippen LogP contribution >= 0.6 is 0 Å². The van der Waals surface area contributed by atoms with Crippen LogP contribution in [0.5, 0.6) is 0 Å².